The Bertz CT molecular complexity index is 141. The Hall–Kier alpha value is -0.0200. The van der Waals surface area contributed by atoms with Gasteiger partial charge in [0.05, 0.1) is 0 Å². The van der Waals surface area contributed by atoms with Crippen LogP contribution >= 0.6 is 11.8 Å². The van der Waals surface area contributed by atoms with Crippen molar-refractivity contribution in [2.24, 2.45) is 0 Å². The van der Waals surface area contributed by atoms with E-state index in [1.807, 2.05) is 11.8 Å². The monoisotopic (exact) mass is 186 g/mol. The van der Waals surface area contributed by atoms with Gasteiger partial charge in [-0.2, -0.15) is 11.8 Å². The lowest BCUT2D eigenvalue weighted by atomic mass is 10.1. The van der Waals surface area contributed by atoms with Crippen LogP contribution in [-0.4, -0.2) is 29.8 Å². The molecule has 0 bridgehead atoms. The predicted octanol–water partition coefficient (Wildman–Crippen LogP) is 1.90. The Morgan fingerprint density at radius 1 is 1.67 bits per heavy atom. The molecule has 0 saturated carbocycles. The molecule has 1 atom stereocenters. The lowest BCUT2D eigenvalue weighted by molar-refractivity contribution is 0.578. The molecule has 3 heteroatoms. The second-order valence-corrected chi connectivity index (χ2v) is 4.43. The molecular formula is C9H18N2S. The summed E-state index contributed by atoms with van der Waals surface area (Å²) in [5.41, 5.74) is 0.914. The van der Waals surface area contributed by atoms with Crippen molar-refractivity contribution in [3.63, 3.8) is 0 Å². The van der Waals surface area contributed by atoms with Crippen molar-refractivity contribution in [1.82, 2.24) is 5.32 Å². The van der Waals surface area contributed by atoms with Crippen molar-refractivity contribution >= 4 is 17.5 Å². The Balaban J connectivity index is 2.15. The van der Waals surface area contributed by atoms with Crippen molar-refractivity contribution < 1.29 is 0 Å². The molecule has 1 aliphatic rings. The SMILES string of the molecule is CCCC(=N)C[C@@H]1CSCCN1. The van der Waals surface area contributed by atoms with Gasteiger partial charge in [0.25, 0.3) is 0 Å². The molecule has 0 aromatic carbocycles. The van der Waals surface area contributed by atoms with E-state index in [2.05, 4.69) is 12.2 Å². The molecule has 0 radical (unpaired) electrons. The zero-order valence-corrected chi connectivity index (χ0v) is 8.54. The smallest absolute Gasteiger partial charge is 0.0210 e. The van der Waals surface area contributed by atoms with Crippen LogP contribution in [0.5, 0.6) is 0 Å². The first-order valence-electron chi connectivity index (χ1n) is 4.70. The van der Waals surface area contributed by atoms with Gasteiger partial charge < -0.3 is 10.7 Å². The quantitative estimate of drug-likeness (QED) is 0.658. The number of nitrogens with one attached hydrogen (secondary N) is 2. The van der Waals surface area contributed by atoms with Gasteiger partial charge in [0.2, 0.25) is 0 Å². The van der Waals surface area contributed by atoms with E-state index in [0.717, 1.165) is 31.5 Å². The van der Waals surface area contributed by atoms with Crippen molar-refractivity contribution in [3.8, 4) is 0 Å². The maximum absolute atomic E-state index is 7.68. The Morgan fingerprint density at radius 3 is 3.08 bits per heavy atom. The third kappa shape index (κ3) is 3.59. The zero-order chi connectivity index (χ0) is 8.81. The molecule has 1 fully saturated rings. The number of hydrogen-bond donors (Lipinski definition) is 2. The molecule has 0 aliphatic carbocycles. The molecule has 2 N–H and O–H groups in total. The molecule has 12 heavy (non-hydrogen) atoms. The average molecular weight is 186 g/mol. The molecule has 2 nitrogen and oxygen atoms in total. The summed E-state index contributed by atoms with van der Waals surface area (Å²) in [7, 11) is 0. The summed E-state index contributed by atoms with van der Waals surface area (Å²) in [5, 5.41) is 11.1. The normalized spacial score (nSPS) is 23.9. The predicted molar refractivity (Wildman–Crippen MR) is 56.4 cm³/mol. The lowest BCUT2D eigenvalue weighted by Crippen LogP contribution is -2.38. The van der Waals surface area contributed by atoms with Gasteiger partial charge in [-0.25, -0.2) is 0 Å². The summed E-state index contributed by atoms with van der Waals surface area (Å²) in [6.45, 7) is 3.26. The molecule has 0 unspecified atom stereocenters. The van der Waals surface area contributed by atoms with Gasteiger partial charge in [0.1, 0.15) is 0 Å². The van der Waals surface area contributed by atoms with Crippen LogP contribution in [0, 0.1) is 5.41 Å². The minimum atomic E-state index is 0.572. The first-order valence-corrected chi connectivity index (χ1v) is 5.85. The van der Waals surface area contributed by atoms with Crippen LogP contribution in [0.1, 0.15) is 26.2 Å². The Labute approximate surface area is 79.0 Å². The van der Waals surface area contributed by atoms with Gasteiger partial charge in [0, 0.05) is 36.2 Å². The fourth-order valence-electron chi connectivity index (χ4n) is 1.45. The fraction of sp³-hybridized carbons (Fsp3) is 0.889. The van der Waals surface area contributed by atoms with E-state index in [1.54, 1.807) is 0 Å². The van der Waals surface area contributed by atoms with Crippen molar-refractivity contribution in [2.45, 2.75) is 32.2 Å². The van der Waals surface area contributed by atoms with Crippen LogP contribution in [-0.2, 0) is 0 Å². The standard InChI is InChI=1S/C9H18N2S/c1-2-3-8(10)6-9-7-12-5-4-11-9/h9-11H,2-7H2,1H3/t9-/m1/s1. The van der Waals surface area contributed by atoms with E-state index >= 15 is 0 Å². The second kappa shape index (κ2) is 5.60. The second-order valence-electron chi connectivity index (χ2n) is 3.28. The summed E-state index contributed by atoms with van der Waals surface area (Å²) < 4.78 is 0. The van der Waals surface area contributed by atoms with E-state index in [9.17, 15) is 0 Å². The average Bonchev–Trinajstić information content (AvgIpc) is 2.06. The molecule has 1 heterocycles. The van der Waals surface area contributed by atoms with E-state index in [4.69, 9.17) is 5.41 Å². The molecule has 1 aliphatic heterocycles. The van der Waals surface area contributed by atoms with Gasteiger partial charge in [0.15, 0.2) is 0 Å². The number of rotatable bonds is 4. The highest BCUT2D eigenvalue weighted by atomic mass is 32.2. The van der Waals surface area contributed by atoms with Crippen LogP contribution in [0.4, 0.5) is 0 Å². The molecule has 0 amide bonds. The summed E-state index contributed by atoms with van der Waals surface area (Å²) in [4.78, 5) is 0. The maximum Gasteiger partial charge on any atom is 0.0210 e. The molecule has 0 aromatic rings. The topological polar surface area (TPSA) is 35.9 Å². The summed E-state index contributed by atoms with van der Waals surface area (Å²) in [5.74, 6) is 2.42. The molecular weight excluding hydrogens is 168 g/mol. The molecule has 0 spiro atoms. The molecule has 1 saturated heterocycles. The highest BCUT2D eigenvalue weighted by Crippen LogP contribution is 2.11. The van der Waals surface area contributed by atoms with Crippen LogP contribution in [0.3, 0.4) is 0 Å². The summed E-state index contributed by atoms with van der Waals surface area (Å²) >= 11 is 2.00. The van der Waals surface area contributed by atoms with Gasteiger partial charge in [-0.15, -0.1) is 0 Å². The maximum atomic E-state index is 7.68. The highest BCUT2D eigenvalue weighted by Gasteiger charge is 2.13. The molecule has 70 valence electrons. The largest absolute Gasteiger partial charge is 0.312 e. The fourth-order valence-corrected chi connectivity index (χ4v) is 2.40. The lowest BCUT2D eigenvalue weighted by Gasteiger charge is -2.23. The van der Waals surface area contributed by atoms with Gasteiger partial charge in [-0.3, -0.25) is 0 Å². The van der Waals surface area contributed by atoms with Crippen LogP contribution in [0.2, 0.25) is 0 Å². The number of hydrogen-bond acceptors (Lipinski definition) is 3. The third-order valence-corrected chi connectivity index (χ3v) is 3.17. The molecule has 1 rings (SSSR count). The van der Waals surface area contributed by atoms with Crippen LogP contribution in [0.25, 0.3) is 0 Å². The first kappa shape index (κ1) is 10.1. The van der Waals surface area contributed by atoms with Crippen molar-refractivity contribution in [1.29, 1.82) is 5.41 Å². The van der Waals surface area contributed by atoms with Gasteiger partial charge in [-0.05, 0) is 6.42 Å². The number of thioether (sulfide) groups is 1. The zero-order valence-electron chi connectivity index (χ0n) is 7.73. The minimum Gasteiger partial charge on any atom is -0.312 e. The van der Waals surface area contributed by atoms with Gasteiger partial charge in [-0.1, -0.05) is 13.3 Å². The summed E-state index contributed by atoms with van der Waals surface area (Å²) in [6.07, 6.45) is 3.04. The Morgan fingerprint density at radius 2 is 2.50 bits per heavy atom. The summed E-state index contributed by atoms with van der Waals surface area (Å²) in [6, 6.07) is 0.572. The van der Waals surface area contributed by atoms with Crippen LogP contribution < -0.4 is 5.32 Å². The highest BCUT2D eigenvalue weighted by molar-refractivity contribution is 7.99. The van der Waals surface area contributed by atoms with E-state index in [1.165, 1.54) is 11.5 Å². The van der Waals surface area contributed by atoms with E-state index < -0.39 is 0 Å². The Kier molecular flexibility index (Phi) is 4.69. The molecule has 0 aromatic heterocycles. The van der Waals surface area contributed by atoms with Crippen LogP contribution in [0.15, 0.2) is 0 Å². The van der Waals surface area contributed by atoms with Gasteiger partial charge >= 0.3 is 0 Å². The first-order chi connectivity index (χ1) is 5.83. The minimum absolute atomic E-state index is 0.572. The van der Waals surface area contributed by atoms with Crippen molar-refractivity contribution in [3.05, 3.63) is 0 Å². The van der Waals surface area contributed by atoms with Crippen molar-refractivity contribution in [2.75, 3.05) is 18.1 Å². The van der Waals surface area contributed by atoms with E-state index in [-0.39, 0.29) is 0 Å². The third-order valence-electron chi connectivity index (χ3n) is 2.04. The van der Waals surface area contributed by atoms with E-state index in [0.29, 0.717) is 6.04 Å².